The topological polar surface area (TPSA) is 19.4 Å². The van der Waals surface area contributed by atoms with Gasteiger partial charge in [0.25, 0.3) is 20.1 Å². The smallest absolute Gasteiger partial charge is 0.252 e. The van der Waals surface area contributed by atoms with Crippen molar-refractivity contribution >= 4 is 172 Å². The second-order valence-electron chi connectivity index (χ2n) is 30.8. The van der Waals surface area contributed by atoms with Crippen molar-refractivity contribution in [3.8, 4) is 22.3 Å². The molecule has 111 heavy (non-hydrogen) atoms. The molecule has 9 heteroatoms. The van der Waals surface area contributed by atoms with Gasteiger partial charge in [0.2, 0.25) is 0 Å². The van der Waals surface area contributed by atoms with Crippen LogP contribution in [0.1, 0.15) is 33.4 Å². The molecule has 0 saturated carbocycles. The lowest BCUT2D eigenvalue weighted by atomic mass is 9.28. The summed E-state index contributed by atoms with van der Waals surface area (Å²) in [7, 11) is 0. The molecule has 0 bridgehead atoms. The number of aryl methyl sites for hydroxylation is 6. The molecule has 0 radical (unpaired) electrons. The molecule has 0 fully saturated rings. The van der Waals surface area contributed by atoms with Gasteiger partial charge in [0.15, 0.2) is 0 Å². The number of fused-ring (bicyclic) bond motifs is 14. The normalized spacial score (nSPS) is 13.2. The van der Waals surface area contributed by atoms with Crippen LogP contribution in [0.4, 0.5) is 102 Å². The molecule has 0 spiro atoms. The third-order valence-corrected chi connectivity index (χ3v) is 23.8. The van der Waals surface area contributed by atoms with E-state index >= 15 is 0 Å². The Morgan fingerprint density at radius 1 is 0.198 bits per heavy atom. The van der Waals surface area contributed by atoms with Crippen LogP contribution in [-0.4, -0.2) is 20.1 Å². The number of hydrogen-bond acceptors (Lipinski definition) is 6. The van der Waals surface area contributed by atoms with Gasteiger partial charge in [-0.15, -0.1) is 0 Å². The van der Waals surface area contributed by atoms with Crippen molar-refractivity contribution in [1.29, 1.82) is 0 Å². The summed E-state index contributed by atoms with van der Waals surface area (Å²) in [5.74, 6) is 0. The first-order valence-electron chi connectivity index (χ1n) is 38.9. The molecule has 0 atom stereocenters. The Kier molecular flexibility index (Phi) is 15.5. The van der Waals surface area contributed by atoms with Crippen molar-refractivity contribution in [1.82, 2.24) is 0 Å². The van der Waals surface area contributed by atoms with Gasteiger partial charge in [-0.05, 0) is 223 Å². The van der Waals surface area contributed by atoms with Crippen LogP contribution in [-0.2, 0) is 0 Å². The van der Waals surface area contributed by atoms with Crippen molar-refractivity contribution in [2.45, 2.75) is 41.5 Å². The van der Waals surface area contributed by atoms with Gasteiger partial charge < -0.3 is 29.4 Å². The molecule has 0 N–H and O–H groups in total. The van der Waals surface area contributed by atoms with Crippen LogP contribution in [0.5, 0.6) is 0 Å². The summed E-state index contributed by atoms with van der Waals surface area (Å²) >= 11 is 0. The fourth-order valence-corrected chi connectivity index (χ4v) is 19.0. The first kappa shape index (κ1) is 65.8. The van der Waals surface area contributed by atoms with Crippen LogP contribution in [0.25, 0.3) is 22.3 Å². The zero-order valence-electron chi connectivity index (χ0n) is 63.0. The molecule has 0 aliphatic carbocycles. The average Bonchev–Trinajstić information content (AvgIpc) is 0.643. The van der Waals surface area contributed by atoms with E-state index < -0.39 is 0 Å². The van der Waals surface area contributed by atoms with Gasteiger partial charge in [-0.25, -0.2) is 0 Å². The summed E-state index contributed by atoms with van der Waals surface area (Å²) in [5, 5.41) is 0. The number of para-hydroxylation sites is 5. The van der Waals surface area contributed by atoms with Crippen LogP contribution < -0.4 is 78.6 Å². The zero-order valence-corrected chi connectivity index (χ0v) is 63.0. The molecule has 6 heterocycles. The van der Waals surface area contributed by atoms with Crippen LogP contribution in [0.2, 0.25) is 0 Å². The lowest BCUT2D eigenvalue weighted by Gasteiger charge is -2.51. The lowest BCUT2D eigenvalue weighted by molar-refractivity contribution is 1.22. The molecule has 6 nitrogen and oxygen atoms in total. The molecule has 22 rings (SSSR count). The Morgan fingerprint density at radius 2 is 0.568 bits per heavy atom. The first-order chi connectivity index (χ1) is 54.6. The number of nitrogens with zero attached hydrogens (tertiary/aromatic N) is 6. The maximum absolute atomic E-state index is 2.64. The molecule has 16 aromatic carbocycles. The van der Waals surface area contributed by atoms with Gasteiger partial charge in [0.05, 0.1) is 5.69 Å². The summed E-state index contributed by atoms with van der Waals surface area (Å²) in [6.07, 6.45) is 0. The quantitative estimate of drug-likeness (QED) is 0.133. The van der Waals surface area contributed by atoms with Crippen molar-refractivity contribution < 1.29 is 0 Å². The zero-order chi connectivity index (χ0) is 74.3. The number of rotatable bonds is 9. The molecular weight excluding hydrogens is 1340 g/mol. The summed E-state index contributed by atoms with van der Waals surface area (Å²) in [6.45, 7) is 13.5. The molecule has 6 aliphatic heterocycles. The number of anilines is 18. The standard InChI is InChI=1S/C54H38BN3.C48H39B2N3/c1-6-20-39(21-7-1)45-30-16-17-33-49(45)58-51-35-19-34-50-53(51)55(48-32-18-31-46(54(48)58)40-22-8-2-9-23-40)47-37-36-44(38-52(47)57(50)43-28-14-5-15-29-43)56(41-24-10-3-11-25-41)42-26-12-4-13-27-42;1-28-7-15-34(16-8-28)51-40-19-11-30(3)23-36(40)49-38-25-32(5)13-21-42(38)53-43-22-14-33(6)26-39(43)50-37-24-31(4)12-20-41(37)52(35-17-9-29(2)10-18-35)45-27-44(51)46(49)48(53)47(45)50/h1-38H;7-27H,1-6H3. The summed E-state index contributed by atoms with van der Waals surface area (Å²) in [4.78, 5) is 15.1. The molecule has 524 valence electrons. The van der Waals surface area contributed by atoms with E-state index in [9.17, 15) is 0 Å². The van der Waals surface area contributed by atoms with Crippen molar-refractivity contribution in [3.05, 3.63) is 391 Å². The van der Waals surface area contributed by atoms with Gasteiger partial charge in [0.1, 0.15) is 0 Å². The van der Waals surface area contributed by atoms with Gasteiger partial charge in [-0.1, -0.05) is 270 Å². The highest BCUT2D eigenvalue weighted by atomic mass is 15.2. The van der Waals surface area contributed by atoms with Gasteiger partial charge >= 0.3 is 0 Å². The summed E-state index contributed by atoms with van der Waals surface area (Å²) < 4.78 is 0. The van der Waals surface area contributed by atoms with Gasteiger partial charge in [0, 0.05) is 108 Å². The third kappa shape index (κ3) is 10.5. The second-order valence-corrected chi connectivity index (χ2v) is 30.8. The second kappa shape index (κ2) is 26.1. The molecule has 6 aliphatic rings. The van der Waals surface area contributed by atoms with Crippen LogP contribution in [0, 0.1) is 41.5 Å². The minimum absolute atomic E-state index is 0.0177. The van der Waals surface area contributed by atoms with Crippen molar-refractivity contribution in [2.24, 2.45) is 0 Å². The molecule has 0 aromatic heterocycles. The van der Waals surface area contributed by atoms with E-state index in [1.165, 1.54) is 179 Å². The fourth-order valence-electron chi connectivity index (χ4n) is 19.0. The minimum Gasteiger partial charge on any atom is -0.312 e. The van der Waals surface area contributed by atoms with E-state index in [2.05, 4.69) is 429 Å². The van der Waals surface area contributed by atoms with Crippen molar-refractivity contribution in [2.75, 3.05) is 29.4 Å². The van der Waals surface area contributed by atoms with E-state index in [-0.39, 0.29) is 20.1 Å². The summed E-state index contributed by atoms with van der Waals surface area (Å²) in [6, 6.07) is 133. The average molecular weight is 1420 g/mol. The Bertz CT molecular complexity index is 6140. The van der Waals surface area contributed by atoms with E-state index in [0.29, 0.717) is 0 Å². The number of hydrogen-bond donors (Lipinski definition) is 0. The van der Waals surface area contributed by atoms with Gasteiger partial charge in [-0.2, -0.15) is 0 Å². The van der Waals surface area contributed by atoms with E-state index in [0.717, 1.165) is 28.4 Å². The monoisotopic (exact) mass is 1420 g/mol. The van der Waals surface area contributed by atoms with E-state index in [1.54, 1.807) is 0 Å². The minimum atomic E-state index is -0.0177. The molecule has 0 saturated heterocycles. The fraction of sp³-hybridized carbons (Fsp3) is 0.0588. The van der Waals surface area contributed by atoms with Crippen LogP contribution >= 0.6 is 0 Å². The largest absolute Gasteiger partial charge is 0.312 e. The third-order valence-electron chi connectivity index (χ3n) is 23.8. The molecular formula is C102H77B3N6. The Morgan fingerprint density at radius 3 is 1.07 bits per heavy atom. The lowest BCUT2D eigenvalue weighted by Crippen LogP contribution is -2.68. The maximum atomic E-state index is 2.64. The highest BCUT2D eigenvalue weighted by Gasteiger charge is 2.52. The first-order valence-corrected chi connectivity index (χ1v) is 38.9. The van der Waals surface area contributed by atoms with E-state index in [4.69, 9.17) is 0 Å². The number of benzene rings is 16. The Labute approximate surface area is 651 Å². The van der Waals surface area contributed by atoms with E-state index in [1.807, 2.05) is 0 Å². The van der Waals surface area contributed by atoms with Gasteiger partial charge in [-0.3, -0.25) is 0 Å². The molecule has 0 amide bonds. The predicted octanol–water partition coefficient (Wildman–Crippen LogP) is 20.8. The predicted molar refractivity (Wildman–Crippen MR) is 474 cm³/mol. The Hall–Kier alpha value is -13.5. The molecule has 16 aromatic rings. The highest BCUT2D eigenvalue weighted by Crippen LogP contribution is 2.53. The Balaban J connectivity index is 0.000000141. The van der Waals surface area contributed by atoms with Crippen LogP contribution in [0.3, 0.4) is 0 Å². The highest BCUT2D eigenvalue weighted by molar-refractivity contribution is 7.05. The SMILES string of the molecule is Cc1ccc(N2c3ccc(C)cc3B3c4cc(C)ccc4N4c5ccc(C)cc5B5c6cc(C)ccc6N(c6ccc(C)cc6)c6cc2c3c4c65)cc1.c1ccc(-c2ccccc2N2c3cccc4c3B(c3ccc(N(c5ccccc5)c5ccccc5)cc3N4c3ccccc3)c3cccc(-c4ccccc4)c32)cc1. The maximum Gasteiger partial charge on any atom is 0.252 e. The molecule has 0 unspecified atom stereocenters. The van der Waals surface area contributed by atoms with Crippen LogP contribution in [0.15, 0.2) is 358 Å². The van der Waals surface area contributed by atoms with Crippen molar-refractivity contribution in [3.63, 3.8) is 0 Å². The summed E-state index contributed by atoms with van der Waals surface area (Å²) in [5.41, 5.74) is 46.2.